The molecule has 1 saturated heterocycles. The fourth-order valence-corrected chi connectivity index (χ4v) is 2.62. The molecule has 1 aromatic rings. The van der Waals surface area contributed by atoms with Crippen LogP contribution in [0.25, 0.3) is 0 Å². The minimum atomic E-state index is 0.185. The molecule has 2 atom stereocenters. The van der Waals surface area contributed by atoms with Crippen LogP contribution in [0.3, 0.4) is 0 Å². The molecule has 2 rings (SSSR count). The highest BCUT2D eigenvalue weighted by atomic mass is 16.1. The quantitative estimate of drug-likeness (QED) is 0.802. The van der Waals surface area contributed by atoms with Crippen LogP contribution in [0.1, 0.15) is 56.7 Å². The highest BCUT2D eigenvalue weighted by Crippen LogP contribution is 2.15. The van der Waals surface area contributed by atoms with Gasteiger partial charge in [-0.25, -0.2) is 0 Å². The van der Waals surface area contributed by atoms with Crippen LogP contribution in [0.5, 0.6) is 0 Å². The topological polar surface area (TPSA) is 41.1 Å². The number of unbranched alkanes of at least 4 members (excludes halogenated alkanes) is 1. The second-order valence-corrected chi connectivity index (χ2v) is 5.78. The second kappa shape index (κ2) is 7.44. The van der Waals surface area contributed by atoms with E-state index in [0.29, 0.717) is 18.5 Å². The van der Waals surface area contributed by atoms with Crippen LogP contribution >= 0.6 is 0 Å². The molecule has 0 saturated carbocycles. The minimum absolute atomic E-state index is 0.185. The van der Waals surface area contributed by atoms with Crippen LogP contribution in [-0.4, -0.2) is 18.5 Å². The summed E-state index contributed by atoms with van der Waals surface area (Å²) < 4.78 is 0. The van der Waals surface area contributed by atoms with Gasteiger partial charge in [-0.15, -0.1) is 0 Å². The lowest BCUT2D eigenvalue weighted by atomic mass is 10.0. The summed E-state index contributed by atoms with van der Waals surface area (Å²) in [5.74, 6) is 0.185. The predicted octanol–water partition coefficient (Wildman–Crippen LogP) is 2.96. The summed E-state index contributed by atoms with van der Waals surface area (Å²) in [4.78, 5) is 11.2. The summed E-state index contributed by atoms with van der Waals surface area (Å²) in [7, 11) is 0. The van der Waals surface area contributed by atoms with Gasteiger partial charge in [0.2, 0.25) is 5.91 Å². The van der Waals surface area contributed by atoms with Gasteiger partial charge in [0.15, 0.2) is 0 Å². The zero-order chi connectivity index (χ0) is 14.4. The number of benzene rings is 1. The van der Waals surface area contributed by atoms with Crippen LogP contribution in [0.4, 0.5) is 0 Å². The maximum atomic E-state index is 11.2. The molecule has 3 nitrogen and oxygen atoms in total. The summed E-state index contributed by atoms with van der Waals surface area (Å²) in [6.45, 7) is 5.25. The van der Waals surface area contributed by atoms with Gasteiger partial charge in [0.1, 0.15) is 0 Å². The molecular weight excluding hydrogens is 248 g/mol. The van der Waals surface area contributed by atoms with E-state index in [1.54, 1.807) is 0 Å². The van der Waals surface area contributed by atoms with E-state index in [-0.39, 0.29) is 5.91 Å². The third-order valence-electron chi connectivity index (χ3n) is 4.05. The Kier molecular flexibility index (Phi) is 5.60. The molecule has 1 aliphatic heterocycles. The monoisotopic (exact) mass is 274 g/mol. The minimum Gasteiger partial charge on any atom is -0.352 e. The summed E-state index contributed by atoms with van der Waals surface area (Å²) in [6, 6.07) is 9.54. The molecular formula is C17H26N2O. The van der Waals surface area contributed by atoms with Crippen molar-refractivity contribution in [2.24, 2.45) is 0 Å². The van der Waals surface area contributed by atoms with E-state index in [1.807, 2.05) is 0 Å². The highest BCUT2D eigenvalue weighted by molar-refractivity contribution is 5.78. The van der Waals surface area contributed by atoms with Gasteiger partial charge in [0.25, 0.3) is 0 Å². The molecule has 0 aliphatic carbocycles. The Hall–Kier alpha value is -1.35. The molecule has 3 heteroatoms. The van der Waals surface area contributed by atoms with Crippen molar-refractivity contribution in [3.63, 3.8) is 0 Å². The van der Waals surface area contributed by atoms with Gasteiger partial charge in [0.05, 0.1) is 0 Å². The van der Waals surface area contributed by atoms with Crippen molar-refractivity contribution in [1.29, 1.82) is 0 Å². The van der Waals surface area contributed by atoms with Gasteiger partial charge in [-0.3, -0.25) is 4.79 Å². The number of hydrogen-bond acceptors (Lipinski definition) is 2. The molecule has 1 amide bonds. The molecule has 1 aromatic carbocycles. The Morgan fingerprint density at radius 3 is 2.70 bits per heavy atom. The molecule has 0 spiro atoms. The SMILES string of the molecule is CCCCc1ccc(C(C)NCC2CCC(=O)N2)cc1. The molecule has 110 valence electrons. The Morgan fingerprint density at radius 2 is 2.10 bits per heavy atom. The van der Waals surface area contributed by atoms with E-state index in [1.165, 1.54) is 30.4 Å². The standard InChI is InChI=1S/C17H26N2O/c1-3-4-5-14-6-8-15(9-7-14)13(2)18-12-16-10-11-17(20)19-16/h6-9,13,16,18H,3-5,10-12H2,1-2H3,(H,19,20). The normalized spacial score (nSPS) is 19.9. The molecule has 1 fully saturated rings. The average Bonchev–Trinajstić information content (AvgIpc) is 2.89. The zero-order valence-corrected chi connectivity index (χ0v) is 12.6. The maximum absolute atomic E-state index is 11.2. The van der Waals surface area contributed by atoms with Gasteiger partial charge in [-0.1, -0.05) is 37.6 Å². The van der Waals surface area contributed by atoms with Crippen LogP contribution in [0.15, 0.2) is 24.3 Å². The molecule has 20 heavy (non-hydrogen) atoms. The Labute approximate surface area is 122 Å². The van der Waals surface area contributed by atoms with Crippen molar-refractivity contribution in [1.82, 2.24) is 10.6 Å². The van der Waals surface area contributed by atoms with Gasteiger partial charge in [-0.2, -0.15) is 0 Å². The molecule has 0 aromatic heterocycles. The van der Waals surface area contributed by atoms with Gasteiger partial charge < -0.3 is 10.6 Å². The molecule has 1 heterocycles. The number of aryl methyl sites for hydroxylation is 1. The third kappa shape index (κ3) is 4.34. The summed E-state index contributed by atoms with van der Waals surface area (Å²) in [5.41, 5.74) is 2.74. The fourth-order valence-electron chi connectivity index (χ4n) is 2.62. The van der Waals surface area contributed by atoms with Crippen molar-refractivity contribution in [3.05, 3.63) is 35.4 Å². The Bertz CT molecular complexity index is 427. The average molecular weight is 274 g/mol. The van der Waals surface area contributed by atoms with Gasteiger partial charge in [-0.05, 0) is 37.3 Å². The lowest BCUT2D eigenvalue weighted by Gasteiger charge is -2.18. The number of amides is 1. The fraction of sp³-hybridized carbons (Fsp3) is 0.588. The number of nitrogens with one attached hydrogen (secondary N) is 2. The summed E-state index contributed by atoms with van der Waals surface area (Å²) in [5, 5.41) is 6.50. The molecule has 0 bridgehead atoms. The first-order valence-electron chi connectivity index (χ1n) is 7.80. The predicted molar refractivity (Wildman–Crippen MR) is 82.6 cm³/mol. The first-order chi connectivity index (χ1) is 9.69. The van der Waals surface area contributed by atoms with E-state index in [9.17, 15) is 4.79 Å². The lowest BCUT2D eigenvalue weighted by molar-refractivity contribution is -0.119. The van der Waals surface area contributed by atoms with E-state index in [0.717, 1.165) is 13.0 Å². The van der Waals surface area contributed by atoms with E-state index in [2.05, 4.69) is 48.7 Å². The third-order valence-corrected chi connectivity index (χ3v) is 4.05. The Balaban J connectivity index is 1.79. The number of rotatable bonds is 7. The number of carbonyl (C=O) groups excluding carboxylic acids is 1. The largest absolute Gasteiger partial charge is 0.352 e. The molecule has 2 N–H and O–H groups in total. The zero-order valence-electron chi connectivity index (χ0n) is 12.6. The summed E-state index contributed by atoms with van der Waals surface area (Å²) >= 11 is 0. The van der Waals surface area contributed by atoms with Crippen LogP contribution < -0.4 is 10.6 Å². The van der Waals surface area contributed by atoms with Crippen LogP contribution in [0.2, 0.25) is 0 Å². The van der Waals surface area contributed by atoms with Gasteiger partial charge in [0, 0.05) is 25.0 Å². The summed E-state index contributed by atoms with van der Waals surface area (Å²) in [6.07, 6.45) is 5.30. The molecule has 1 aliphatic rings. The highest BCUT2D eigenvalue weighted by Gasteiger charge is 2.20. The van der Waals surface area contributed by atoms with E-state index in [4.69, 9.17) is 0 Å². The van der Waals surface area contributed by atoms with Crippen LogP contribution in [0, 0.1) is 0 Å². The van der Waals surface area contributed by atoms with Crippen molar-refractivity contribution in [2.45, 2.75) is 58.0 Å². The smallest absolute Gasteiger partial charge is 0.220 e. The van der Waals surface area contributed by atoms with Crippen molar-refractivity contribution >= 4 is 5.91 Å². The first kappa shape index (κ1) is 15.0. The molecule has 2 unspecified atom stereocenters. The van der Waals surface area contributed by atoms with Crippen molar-refractivity contribution < 1.29 is 4.79 Å². The van der Waals surface area contributed by atoms with E-state index < -0.39 is 0 Å². The van der Waals surface area contributed by atoms with Crippen molar-refractivity contribution in [3.8, 4) is 0 Å². The maximum Gasteiger partial charge on any atom is 0.220 e. The van der Waals surface area contributed by atoms with Gasteiger partial charge >= 0.3 is 0 Å². The van der Waals surface area contributed by atoms with Crippen LogP contribution in [-0.2, 0) is 11.2 Å². The second-order valence-electron chi connectivity index (χ2n) is 5.78. The molecule has 0 radical (unpaired) electrons. The first-order valence-corrected chi connectivity index (χ1v) is 7.80. The number of hydrogen-bond donors (Lipinski definition) is 2. The van der Waals surface area contributed by atoms with E-state index >= 15 is 0 Å². The Morgan fingerprint density at radius 1 is 1.35 bits per heavy atom. The van der Waals surface area contributed by atoms with Crippen molar-refractivity contribution in [2.75, 3.05) is 6.54 Å². The number of carbonyl (C=O) groups is 1. The lowest BCUT2D eigenvalue weighted by Crippen LogP contribution is -2.36.